The second kappa shape index (κ2) is 39.3. The monoisotopic (exact) mass is 1890 g/mol. The molecule has 15 aromatic rings. The summed E-state index contributed by atoms with van der Waals surface area (Å²) in [6, 6.07) is 24.9. The third kappa shape index (κ3) is 22.2. The van der Waals surface area contributed by atoms with E-state index in [2.05, 4.69) is 80.7 Å². The number of nitrogens with one attached hydrogen (secondary N) is 3. The van der Waals surface area contributed by atoms with E-state index >= 15 is 13.2 Å². The van der Waals surface area contributed by atoms with Crippen LogP contribution >= 0.6 is 34.0 Å². The molecule has 1 unspecified atom stereocenters. The second-order valence-corrected chi connectivity index (χ2v) is 34.8. The first-order valence-corrected chi connectivity index (χ1v) is 44.4. The van der Waals surface area contributed by atoms with Gasteiger partial charge in [-0.15, -0.1) is 34.0 Å². The molecular formula is C92H83F9N16O13S3. The topological polar surface area (TPSA) is 347 Å². The van der Waals surface area contributed by atoms with Gasteiger partial charge in [0.25, 0.3) is 17.8 Å². The predicted octanol–water partition coefficient (Wildman–Crippen LogP) is 21.9. The Hall–Kier alpha value is -13.8. The predicted molar refractivity (Wildman–Crippen MR) is 480 cm³/mol. The number of rotatable bonds is 22. The first kappa shape index (κ1) is 92.4. The number of aryl methyl sites for hydroxylation is 5. The molecule has 0 saturated heterocycles. The van der Waals surface area contributed by atoms with Gasteiger partial charge in [0.15, 0.2) is 34.7 Å². The van der Waals surface area contributed by atoms with Crippen LogP contribution in [-0.2, 0) is 20.6 Å². The lowest BCUT2D eigenvalue weighted by Gasteiger charge is -2.35. The summed E-state index contributed by atoms with van der Waals surface area (Å²) in [7, 11) is 4.58. The van der Waals surface area contributed by atoms with Crippen LogP contribution in [0.3, 0.4) is 0 Å². The third-order valence-electron chi connectivity index (χ3n) is 21.6. The maximum atomic E-state index is 15.3. The van der Waals surface area contributed by atoms with Gasteiger partial charge in [-0.2, -0.15) is 0 Å². The zero-order chi connectivity index (χ0) is 93.7. The average molecular weight is 1890 g/mol. The number of anilines is 3. The van der Waals surface area contributed by atoms with E-state index < -0.39 is 129 Å². The van der Waals surface area contributed by atoms with Crippen molar-refractivity contribution in [1.82, 2.24) is 64.8 Å². The molecule has 29 nitrogen and oxygen atoms in total. The maximum absolute atomic E-state index is 15.3. The van der Waals surface area contributed by atoms with Crippen molar-refractivity contribution in [1.29, 1.82) is 0 Å². The molecule has 0 aliphatic heterocycles. The number of carbonyl (C=O) groups excluding carboxylic acids is 3. The van der Waals surface area contributed by atoms with E-state index in [1.807, 2.05) is 77.1 Å². The van der Waals surface area contributed by atoms with E-state index in [1.54, 1.807) is 32.4 Å². The fourth-order valence-corrected chi connectivity index (χ4v) is 18.2. The molecule has 0 radical (unpaired) electrons. The molecule has 3 N–H and O–H groups in total. The average Bonchev–Trinajstić information content (AvgIpc) is 0.978. The SMILES string of the molecule is CCCOc1ncc(NC(=O)O[C@@H]2CCC(F)(F)C[C@@H]2Oc2cc3sc(-c4cc(C)cc5cc(OC)cnc45)nc3cc2F)cn1.CCc1ccc(NC(=O)O[C@H]2CCC(F)(F)CC2Oc2cc3sc(-c4cc(C)cc5nc(OC)cnc45)nc3cc2F)cn1.COc1cnc2c(-c3nc4cc(F)c(O[C@@H]5CC(F)(F)CC[C@@H]5OC(=O)Nc5cnc(C)nc5)cc4s3)cc(C)cc2n1. The van der Waals surface area contributed by atoms with Gasteiger partial charge >= 0.3 is 24.3 Å². The number of aromatic nitrogens is 13. The van der Waals surface area contributed by atoms with Gasteiger partial charge in [-0.05, 0) is 131 Å². The van der Waals surface area contributed by atoms with Crippen molar-refractivity contribution in [3.8, 4) is 72.5 Å². The number of ether oxygens (including phenoxy) is 10. The summed E-state index contributed by atoms with van der Waals surface area (Å²) >= 11 is 3.84. The van der Waals surface area contributed by atoms with Gasteiger partial charge in [0.05, 0.1) is 172 Å². The van der Waals surface area contributed by atoms with Gasteiger partial charge in [0.2, 0.25) is 11.8 Å². The number of benzene rings is 6. The number of nitrogens with zero attached hydrogens (tertiary/aromatic N) is 13. The number of alkyl halides is 6. The molecule has 9 aromatic heterocycles. The summed E-state index contributed by atoms with van der Waals surface area (Å²) < 4.78 is 189. The van der Waals surface area contributed by atoms with E-state index in [1.165, 1.54) is 128 Å². The number of carbonyl (C=O) groups is 3. The minimum Gasteiger partial charge on any atom is -0.495 e. The van der Waals surface area contributed by atoms with Crippen LogP contribution in [0.1, 0.15) is 106 Å². The Balaban J connectivity index is 0.000000145. The normalized spacial score (nSPS) is 17.8. The van der Waals surface area contributed by atoms with Gasteiger partial charge in [0.1, 0.15) is 63.2 Å². The molecule has 6 aromatic carbocycles. The highest BCUT2D eigenvalue weighted by Crippen LogP contribution is 2.46. The van der Waals surface area contributed by atoms with Crippen molar-refractivity contribution in [2.24, 2.45) is 0 Å². The van der Waals surface area contributed by atoms with Gasteiger partial charge < -0.3 is 47.4 Å². The Kier molecular flexibility index (Phi) is 27.3. The quantitative estimate of drug-likeness (QED) is 0.0419. The molecule has 0 spiro atoms. The molecule has 3 aliphatic carbocycles. The highest BCUT2D eigenvalue weighted by Gasteiger charge is 2.48. The first-order valence-electron chi connectivity index (χ1n) is 41.9. The Bertz CT molecular complexity index is 6860. The minimum atomic E-state index is -3.08. The molecule has 6 atom stereocenters. The van der Waals surface area contributed by atoms with Crippen molar-refractivity contribution >= 4 is 133 Å². The summed E-state index contributed by atoms with van der Waals surface area (Å²) in [5.74, 6) is -10.4. The molecule has 3 aliphatic rings. The first-order chi connectivity index (χ1) is 63.8. The zero-order valence-corrected chi connectivity index (χ0v) is 74.9. The van der Waals surface area contributed by atoms with E-state index in [0.717, 1.165) is 46.2 Å². The van der Waals surface area contributed by atoms with Crippen LogP contribution in [0.2, 0.25) is 0 Å². The summed E-state index contributed by atoms with van der Waals surface area (Å²) in [4.78, 5) is 94.3. The number of thiazole rings is 3. The Labute approximate surface area is 764 Å². The van der Waals surface area contributed by atoms with E-state index in [0.29, 0.717) is 120 Å². The smallest absolute Gasteiger partial charge is 0.412 e. The molecule has 41 heteroatoms. The van der Waals surface area contributed by atoms with E-state index in [-0.39, 0.29) is 53.9 Å². The van der Waals surface area contributed by atoms with Crippen LogP contribution in [-0.4, -0.2) is 165 Å². The summed E-state index contributed by atoms with van der Waals surface area (Å²) in [5, 5.41) is 10.1. The molecule has 3 amide bonds. The largest absolute Gasteiger partial charge is 0.495 e. The molecule has 9 heterocycles. The minimum absolute atomic E-state index is 0.153. The highest BCUT2D eigenvalue weighted by atomic mass is 32.1. The van der Waals surface area contributed by atoms with Crippen molar-refractivity contribution in [2.45, 2.75) is 167 Å². The van der Waals surface area contributed by atoms with Gasteiger partial charge in [0, 0.05) is 83.4 Å². The lowest BCUT2D eigenvalue weighted by Crippen LogP contribution is -2.45. The van der Waals surface area contributed by atoms with Gasteiger partial charge in [-0.3, -0.25) is 25.9 Å². The van der Waals surface area contributed by atoms with Crippen molar-refractivity contribution < 1.29 is 101 Å². The number of hydrogen-bond acceptors (Lipinski definition) is 29. The Morgan fingerprint density at radius 1 is 0.414 bits per heavy atom. The van der Waals surface area contributed by atoms with Crippen LogP contribution < -0.4 is 49.1 Å². The molecular weight excluding hydrogens is 1800 g/mol. The number of methoxy groups -OCH3 is 3. The van der Waals surface area contributed by atoms with Crippen LogP contribution in [0.5, 0.6) is 40.8 Å². The van der Waals surface area contributed by atoms with Crippen LogP contribution in [0.4, 0.5) is 71.0 Å². The number of fused-ring (bicyclic) bond motifs is 6. The molecule has 3 fully saturated rings. The fraction of sp³-hybridized carbons (Fsp3) is 0.326. The van der Waals surface area contributed by atoms with Crippen LogP contribution in [0.25, 0.3) is 95.3 Å². The van der Waals surface area contributed by atoms with Crippen molar-refractivity contribution in [3.05, 3.63) is 186 Å². The second-order valence-electron chi connectivity index (χ2n) is 31.7. The fourth-order valence-electron chi connectivity index (χ4n) is 15.2. The Morgan fingerprint density at radius 2 is 0.805 bits per heavy atom. The molecule has 690 valence electrons. The molecule has 3 saturated carbocycles. The number of hydrogen-bond donors (Lipinski definition) is 3. The lowest BCUT2D eigenvalue weighted by molar-refractivity contribution is -0.114. The van der Waals surface area contributed by atoms with E-state index in [4.69, 9.17) is 47.4 Å². The lowest BCUT2D eigenvalue weighted by atomic mass is 9.91. The van der Waals surface area contributed by atoms with Crippen LogP contribution in [0, 0.1) is 45.1 Å². The van der Waals surface area contributed by atoms with Gasteiger partial charge in [-0.25, -0.2) is 109 Å². The molecule has 133 heavy (non-hydrogen) atoms. The van der Waals surface area contributed by atoms with Gasteiger partial charge in [-0.1, -0.05) is 13.8 Å². The standard InChI is InChI=1S/C32H30F3N5O5S.C31H28F3N5O4S.C29H25F3N6O4S/c1-4-7-43-30-37-14-19(15-38-30)39-31(41)45-24-5-6-32(34,35)13-26(24)44-25-12-27-23(11-22(25)33)40-29(46-27)21-9-17(2)8-18-10-20(42-3)16-36-28(18)21;1-4-17-5-6-18(14-35-17)37-30(40)43-23-7-8-31(33,34)13-25(23)42-24-12-26-21(11-20(24)32)39-29(44-26)19-9-16(2)10-22-28(19)36-15-27(38-22)41-3;1-14-6-17(26-20(7-14)37-25(40-3)13-35-26)27-38-19-8-18(30)22(9-24(19)43-27)41-23-10-29(31,32)5-4-21(23)42-28(39)36-16-11-33-15(2)34-12-16/h8-12,14-16,24,26H,4-7,13H2,1-3H3,(H,39,41);5-6,9-12,14-15,23,25H,4,7-8,13H2,1-3H3,(H,37,40);6-9,11-13,21,23H,4-5,10H2,1-3H3,(H,36,39)/t24-,26+;23-,25?;21-,23+/m100/s1. The Morgan fingerprint density at radius 3 is 1.20 bits per heavy atom. The van der Waals surface area contributed by atoms with Crippen molar-refractivity contribution in [3.63, 3.8) is 0 Å². The maximum Gasteiger partial charge on any atom is 0.412 e. The number of amides is 3. The number of halogens is 9. The van der Waals surface area contributed by atoms with Crippen LogP contribution in [0.15, 0.2) is 141 Å². The summed E-state index contributed by atoms with van der Waals surface area (Å²) in [6.45, 7) is 11.8. The number of pyridine rings is 2. The summed E-state index contributed by atoms with van der Waals surface area (Å²) in [6.07, 6.45) is -0.826. The highest BCUT2D eigenvalue weighted by molar-refractivity contribution is 7.22. The zero-order valence-electron chi connectivity index (χ0n) is 72.5. The third-order valence-corrected chi connectivity index (χ3v) is 24.8. The van der Waals surface area contributed by atoms with E-state index in [9.17, 15) is 40.7 Å². The summed E-state index contributed by atoms with van der Waals surface area (Å²) in [5.41, 5.74) is 11.0. The van der Waals surface area contributed by atoms with Crippen molar-refractivity contribution in [2.75, 3.05) is 43.9 Å². The molecule has 0 bridgehead atoms. The molecule has 18 rings (SSSR count).